The van der Waals surface area contributed by atoms with Gasteiger partial charge in [-0.05, 0) is 53.6 Å². The summed E-state index contributed by atoms with van der Waals surface area (Å²) in [7, 11) is 0. The van der Waals surface area contributed by atoms with Crippen LogP contribution in [0.4, 0.5) is 5.69 Å². The van der Waals surface area contributed by atoms with Crippen LogP contribution in [0.15, 0.2) is 66.7 Å². The van der Waals surface area contributed by atoms with E-state index in [9.17, 15) is 9.90 Å². The van der Waals surface area contributed by atoms with Gasteiger partial charge in [-0.2, -0.15) is 0 Å². The Morgan fingerprint density at radius 3 is 2.39 bits per heavy atom. The molecule has 0 aromatic heterocycles. The molecule has 0 saturated carbocycles. The number of hydrogen-bond acceptors (Lipinski definition) is 3. The molecule has 31 heavy (non-hydrogen) atoms. The summed E-state index contributed by atoms with van der Waals surface area (Å²) in [6.45, 7) is 1.71. The average molecular weight is 476 g/mol. The molecule has 1 aliphatic rings. The van der Waals surface area contributed by atoms with Crippen molar-refractivity contribution in [3.8, 4) is 5.75 Å². The Bertz CT molecular complexity index is 1090. The average Bonchev–Trinajstić information content (AvgIpc) is 2.74. The van der Waals surface area contributed by atoms with E-state index in [0.29, 0.717) is 34.7 Å². The number of rotatable bonds is 4. The molecule has 3 aromatic rings. The third kappa shape index (κ3) is 5.09. The number of benzene rings is 3. The van der Waals surface area contributed by atoms with Crippen LogP contribution < -0.4 is 4.90 Å². The van der Waals surface area contributed by atoms with Gasteiger partial charge in [0.2, 0.25) is 5.91 Å². The van der Waals surface area contributed by atoms with Gasteiger partial charge in [0.05, 0.1) is 23.2 Å². The highest BCUT2D eigenvalue weighted by atomic mass is 35.5. The molecular weight excluding hydrogens is 455 g/mol. The Morgan fingerprint density at radius 1 is 0.935 bits per heavy atom. The molecular formula is C24H21Cl3N2O2. The maximum absolute atomic E-state index is 13.0. The molecule has 0 radical (unpaired) electrons. The Morgan fingerprint density at radius 2 is 1.68 bits per heavy atom. The molecule has 4 nitrogen and oxygen atoms in total. The number of phenols is 1. The van der Waals surface area contributed by atoms with Crippen molar-refractivity contribution in [2.75, 3.05) is 24.5 Å². The quantitative estimate of drug-likeness (QED) is 0.504. The number of amides is 1. The van der Waals surface area contributed by atoms with Crippen molar-refractivity contribution in [2.24, 2.45) is 0 Å². The Hall–Kier alpha value is -2.40. The lowest BCUT2D eigenvalue weighted by Gasteiger charge is -2.43. The van der Waals surface area contributed by atoms with Crippen molar-refractivity contribution < 1.29 is 9.90 Å². The molecule has 1 heterocycles. The highest BCUT2D eigenvalue weighted by molar-refractivity contribution is 6.36. The summed E-state index contributed by atoms with van der Waals surface area (Å²) in [6, 6.07) is 19.9. The summed E-state index contributed by atoms with van der Waals surface area (Å²) in [4.78, 5) is 17.1. The molecule has 1 atom stereocenters. The lowest BCUT2D eigenvalue weighted by atomic mass is 10.0. The lowest BCUT2D eigenvalue weighted by Crippen LogP contribution is -2.51. The summed E-state index contributed by atoms with van der Waals surface area (Å²) in [5.41, 5.74) is 2.72. The summed E-state index contributed by atoms with van der Waals surface area (Å²) in [5, 5.41) is 11.5. The van der Waals surface area contributed by atoms with Gasteiger partial charge in [-0.25, -0.2) is 0 Å². The van der Waals surface area contributed by atoms with E-state index in [1.54, 1.807) is 24.3 Å². The predicted molar refractivity (Wildman–Crippen MR) is 126 cm³/mol. The van der Waals surface area contributed by atoms with Gasteiger partial charge in [0, 0.05) is 29.7 Å². The summed E-state index contributed by atoms with van der Waals surface area (Å²) in [5.74, 6) is 0.179. The van der Waals surface area contributed by atoms with Crippen LogP contribution >= 0.6 is 34.8 Å². The number of halogens is 3. The molecule has 0 bridgehead atoms. The Kier molecular flexibility index (Phi) is 6.61. The second-order valence-corrected chi connectivity index (χ2v) is 8.82. The number of nitrogens with zero attached hydrogens (tertiary/aromatic N) is 2. The van der Waals surface area contributed by atoms with Gasteiger partial charge in [0.25, 0.3) is 0 Å². The molecule has 1 N–H and O–H groups in total. The molecule has 7 heteroatoms. The van der Waals surface area contributed by atoms with Crippen molar-refractivity contribution >= 4 is 46.4 Å². The third-order valence-corrected chi connectivity index (χ3v) is 6.26. The van der Waals surface area contributed by atoms with E-state index in [1.807, 2.05) is 47.4 Å². The minimum Gasteiger partial charge on any atom is -0.508 e. The summed E-state index contributed by atoms with van der Waals surface area (Å²) < 4.78 is 0. The van der Waals surface area contributed by atoms with E-state index in [2.05, 4.69) is 4.90 Å². The van der Waals surface area contributed by atoms with Crippen molar-refractivity contribution in [3.05, 3.63) is 92.9 Å². The fraction of sp³-hybridized carbons (Fsp3) is 0.208. The number of anilines is 1. The molecule has 1 fully saturated rings. The Balaban J connectivity index is 1.60. The molecule has 1 aliphatic heterocycles. The van der Waals surface area contributed by atoms with Crippen LogP contribution in [0, 0.1) is 0 Å². The first-order chi connectivity index (χ1) is 14.9. The van der Waals surface area contributed by atoms with Crippen LogP contribution in [0.1, 0.15) is 17.2 Å². The van der Waals surface area contributed by atoms with E-state index >= 15 is 0 Å². The molecule has 0 aliphatic carbocycles. The number of phenolic OH excluding ortho intramolecular Hbond substituents is 1. The maximum Gasteiger partial charge on any atom is 0.227 e. The monoisotopic (exact) mass is 474 g/mol. The summed E-state index contributed by atoms with van der Waals surface area (Å²) >= 11 is 18.7. The van der Waals surface area contributed by atoms with Gasteiger partial charge in [-0.15, -0.1) is 0 Å². The van der Waals surface area contributed by atoms with Crippen molar-refractivity contribution in [1.82, 2.24) is 4.90 Å². The second kappa shape index (κ2) is 9.39. The van der Waals surface area contributed by atoms with Crippen molar-refractivity contribution in [2.45, 2.75) is 12.5 Å². The van der Waals surface area contributed by atoms with Gasteiger partial charge >= 0.3 is 0 Å². The smallest absolute Gasteiger partial charge is 0.227 e. The zero-order valence-electron chi connectivity index (χ0n) is 16.6. The summed E-state index contributed by atoms with van der Waals surface area (Å²) in [6.07, 6.45) is 0.240. The van der Waals surface area contributed by atoms with Crippen LogP contribution in [0.2, 0.25) is 15.1 Å². The van der Waals surface area contributed by atoms with Gasteiger partial charge < -0.3 is 14.9 Å². The van der Waals surface area contributed by atoms with Crippen LogP contribution in [0.5, 0.6) is 5.75 Å². The molecule has 4 rings (SSSR count). The minimum absolute atomic E-state index is 0.0198. The van der Waals surface area contributed by atoms with E-state index in [1.165, 1.54) is 0 Å². The van der Waals surface area contributed by atoms with E-state index < -0.39 is 0 Å². The third-order valence-electron chi connectivity index (χ3n) is 5.47. The van der Waals surface area contributed by atoms with Crippen LogP contribution in [-0.4, -0.2) is 35.5 Å². The fourth-order valence-electron chi connectivity index (χ4n) is 3.94. The largest absolute Gasteiger partial charge is 0.508 e. The first kappa shape index (κ1) is 21.8. The Labute approximate surface area is 196 Å². The predicted octanol–water partition coefficient (Wildman–Crippen LogP) is 5.99. The zero-order chi connectivity index (χ0) is 22.0. The molecule has 1 saturated heterocycles. The topological polar surface area (TPSA) is 43.8 Å². The SMILES string of the molecule is O=C(Cc1cccc(O)c1)N1CCN(c2ccc(Cl)cc2Cl)C(c2ccc(Cl)cc2)C1. The molecule has 1 unspecified atom stereocenters. The van der Waals surface area contributed by atoms with Crippen LogP contribution in [0.25, 0.3) is 0 Å². The molecule has 160 valence electrons. The number of carbonyl (C=O) groups excluding carboxylic acids is 1. The van der Waals surface area contributed by atoms with Gasteiger partial charge in [-0.3, -0.25) is 4.79 Å². The first-order valence-electron chi connectivity index (χ1n) is 9.93. The number of carbonyl (C=O) groups is 1. The molecule has 1 amide bonds. The van der Waals surface area contributed by atoms with Gasteiger partial charge in [0.1, 0.15) is 5.75 Å². The standard InChI is InChI=1S/C24H21Cl3N2O2/c25-18-6-4-17(5-7-18)23-15-28(24(31)13-16-2-1-3-20(30)12-16)10-11-29(23)22-9-8-19(26)14-21(22)27/h1-9,12,14,23,30H,10-11,13,15H2. The highest BCUT2D eigenvalue weighted by Crippen LogP contribution is 2.37. The normalized spacial score (nSPS) is 16.4. The highest BCUT2D eigenvalue weighted by Gasteiger charge is 2.31. The van der Waals surface area contributed by atoms with Crippen LogP contribution in [0.3, 0.4) is 0 Å². The first-order valence-corrected chi connectivity index (χ1v) is 11.1. The lowest BCUT2D eigenvalue weighted by molar-refractivity contribution is -0.131. The van der Waals surface area contributed by atoms with Crippen molar-refractivity contribution in [3.63, 3.8) is 0 Å². The van der Waals surface area contributed by atoms with E-state index in [0.717, 1.165) is 16.8 Å². The molecule has 0 spiro atoms. The fourth-order valence-corrected chi connectivity index (χ4v) is 4.58. The maximum atomic E-state index is 13.0. The van der Waals surface area contributed by atoms with Gasteiger partial charge in [-0.1, -0.05) is 59.1 Å². The minimum atomic E-state index is -0.0854. The number of piperazine rings is 1. The number of aromatic hydroxyl groups is 1. The van der Waals surface area contributed by atoms with Crippen LogP contribution in [-0.2, 0) is 11.2 Å². The number of hydrogen-bond donors (Lipinski definition) is 1. The van der Waals surface area contributed by atoms with Gasteiger partial charge in [0.15, 0.2) is 0 Å². The van der Waals surface area contributed by atoms with E-state index in [4.69, 9.17) is 34.8 Å². The second-order valence-electron chi connectivity index (χ2n) is 7.54. The van der Waals surface area contributed by atoms with Crippen molar-refractivity contribution in [1.29, 1.82) is 0 Å². The zero-order valence-corrected chi connectivity index (χ0v) is 18.9. The molecule has 3 aromatic carbocycles. The van der Waals surface area contributed by atoms with E-state index in [-0.39, 0.29) is 24.1 Å².